The van der Waals surface area contributed by atoms with E-state index in [2.05, 4.69) is 234 Å². The molecule has 0 saturated heterocycles. The normalized spacial score (nSPS) is 11.5. The summed E-state index contributed by atoms with van der Waals surface area (Å²) in [6.07, 6.45) is 0. The molecule has 5 heteroatoms. The molecule has 7 aromatic carbocycles. The van der Waals surface area contributed by atoms with Gasteiger partial charge >= 0.3 is 0 Å². The molecule has 62 heavy (non-hydrogen) atoms. The van der Waals surface area contributed by atoms with E-state index >= 15 is 0 Å². The van der Waals surface area contributed by atoms with E-state index in [1.165, 1.54) is 21.5 Å². The van der Waals surface area contributed by atoms with Gasteiger partial charge in [-0.3, -0.25) is 9.13 Å². The maximum absolute atomic E-state index is 5.41. The molecule has 12 rings (SSSR count). The van der Waals surface area contributed by atoms with Crippen molar-refractivity contribution in [1.82, 2.24) is 24.1 Å². The Hall–Kier alpha value is -8.41. The van der Waals surface area contributed by atoms with Crippen LogP contribution in [0.3, 0.4) is 0 Å². The summed E-state index contributed by atoms with van der Waals surface area (Å²) in [6, 6.07) is 79.0. The van der Waals surface area contributed by atoms with E-state index in [-0.39, 0.29) is 0 Å². The van der Waals surface area contributed by atoms with Crippen LogP contribution in [-0.2, 0) is 0 Å². The van der Waals surface area contributed by atoms with E-state index in [1.54, 1.807) is 0 Å². The number of para-hydroxylation sites is 4. The number of benzene rings is 7. The van der Waals surface area contributed by atoms with Gasteiger partial charge in [0.2, 0.25) is 0 Å². The molecular formula is C57H37N5. The van der Waals surface area contributed by atoms with E-state index in [9.17, 15) is 0 Å². The zero-order valence-electron chi connectivity index (χ0n) is 33.6. The number of aromatic nitrogens is 5. The fraction of sp³-hybridized carbons (Fsp3) is 0. The molecule has 0 atom stereocenters. The maximum atomic E-state index is 5.41. The first-order valence-corrected chi connectivity index (χ1v) is 20.9. The number of hydrogen-bond donors (Lipinski definition) is 0. The number of pyridine rings is 3. The van der Waals surface area contributed by atoms with Crippen LogP contribution in [0.15, 0.2) is 224 Å². The van der Waals surface area contributed by atoms with Gasteiger partial charge in [0.15, 0.2) is 0 Å². The summed E-state index contributed by atoms with van der Waals surface area (Å²) < 4.78 is 4.51. The van der Waals surface area contributed by atoms with Crippen molar-refractivity contribution in [3.8, 4) is 67.8 Å². The van der Waals surface area contributed by atoms with Crippen molar-refractivity contribution in [2.75, 3.05) is 0 Å². The molecule has 12 aromatic rings. The third kappa shape index (κ3) is 6.06. The van der Waals surface area contributed by atoms with Crippen molar-refractivity contribution in [2.45, 2.75) is 0 Å². The van der Waals surface area contributed by atoms with Crippen molar-refractivity contribution in [3.05, 3.63) is 224 Å². The molecule has 0 radical (unpaired) electrons. The summed E-state index contributed by atoms with van der Waals surface area (Å²) in [4.78, 5) is 16.2. The van der Waals surface area contributed by atoms with Crippen LogP contribution < -0.4 is 0 Å². The van der Waals surface area contributed by atoms with Crippen molar-refractivity contribution >= 4 is 43.6 Å². The lowest BCUT2D eigenvalue weighted by atomic mass is 9.93. The van der Waals surface area contributed by atoms with E-state index < -0.39 is 0 Å². The molecular weight excluding hydrogens is 755 g/mol. The van der Waals surface area contributed by atoms with Gasteiger partial charge in [-0.2, -0.15) is 0 Å². The monoisotopic (exact) mass is 791 g/mol. The summed E-state index contributed by atoms with van der Waals surface area (Å²) in [5.74, 6) is 1.66. The molecule has 0 amide bonds. The topological polar surface area (TPSA) is 48.5 Å². The zero-order chi connectivity index (χ0) is 41.0. The molecule has 290 valence electrons. The third-order valence-corrected chi connectivity index (χ3v) is 11.9. The fourth-order valence-corrected chi connectivity index (χ4v) is 9.07. The van der Waals surface area contributed by atoms with Gasteiger partial charge in [0.25, 0.3) is 0 Å². The maximum Gasteiger partial charge on any atom is 0.138 e. The first-order valence-electron chi connectivity index (χ1n) is 20.9. The van der Waals surface area contributed by atoms with Crippen molar-refractivity contribution in [3.63, 3.8) is 0 Å². The summed E-state index contributed by atoms with van der Waals surface area (Å²) >= 11 is 0. The Labute approximate surface area is 358 Å². The fourth-order valence-electron chi connectivity index (χ4n) is 9.07. The van der Waals surface area contributed by atoms with Crippen LogP contribution in [0.5, 0.6) is 0 Å². The van der Waals surface area contributed by atoms with Gasteiger partial charge in [-0.15, -0.1) is 0 Å². The Bertz CT molecular complexity index is 3300. The summed E-state index contributed by atoms with van der Waals surface area (Å²) in [7, 11) is 0. The number of nitrogens with zero attached hydrogens (tertiary/aromatic N) is 5. The minimum Gasteiger partial charge on any atom is -0.294 e. The van der Waals surface area contributed by atoms with Gasteiger partial charge in [0.05, 0.1) is 44.8 Å². The molecule has 0 fully saturated rings. The zero-order valence-corrected chi connectivity index (χ0v) is 33.6. The molecule has 5 heterocycles. The van der Waals surface area contributed by atoms with Crippen LogP contribution in [0.1, 0.15) is 0 Å². The third-order valence-electron chi connectivity index (χ3n) is 11.9. The molecule has 0 aliphatic carbocycles. The van der Waals surface area contributed by atoms with E-state index in [1.807, 2.05) is 0 Å². The Morgan fingerprint density at radius 2 is 0.548 bits per heavy atom. The Kier molecular flexibility index (Phi) is 8.42. The second-order valence-corrected chi connectivity index (χ2v) is 15.7. The molecule has 0 spiro atoms. The van der Waals surface area contributed by atoms with E-state index in [4.69, 9.17) is 15.0 Å². The molecule has 0 bridgehead atoms. The number of rotatable bonds is 7. The lowest BCUT2D eigenvalue weighted by Crippen LogP contribution is -2.01. The average Bonchev–Trinajstić information content (AvgIpc) is 3.87. The predicted molar refractivity (Wildman–Crippen MR) is 256 cm³/mol. The van der Waals surface area contributed by atoms with E-state index in [0.29, 0.717) is 0 Å². The molecule has 0 aliphatic heterocycles. The Morgan fingerprint density at radius 1 is 0.226 bits per heavy atom. The SMILES string of the molecule is c1ccc(-c2cc(-c3ccccc3)cc(-c3cc(-c4cccc(-n5c6ccccc6c6ccccc65)n4)nc(-c4cccc(-n5c6ccccc6c6ccccc65)n4)c3)c2)cc1. The summed E-state index contributed by atoms with van der Waals surface area (Å²) in [5.41, 5.74) is 14.2. The molecule has 0 aliphatic rings. The molecule has 5 nitrogen and oxygen atoms in total. The van der Waals surface area contributed by atoms with Crippen LogP contribution in [-0.4, -0.2) is 24.1 Å². The van der Waals surface area contributed by atoms with Crippen LogP contribution in [0, 0.1) is 0 Å². The van der Waals surface area contributed by atoms with Crippen molar-refractivity contribution in [2.24, 2.45) is 0 Å². The van der Waals surface area contributed by atoms with Gasteiger partial charge in [0.1, 0.15) is 11.6 Å². The highest BCUT2D eigenvalue weighted by Crippen LogP contribution is 2.38. The number of fused-ring (bicyclic) bond motifs is 6. The minimum atomic E-state index is 0.760. The smallest absolute Gasteiger partial charge is 0.138 e. The van der Waals surface area contributed by atoms with Gasteiger partial charge in [-0.1, -0.05) is 146 Å². The highest BCUT2D eigenvalue weighted by Gasteiger charge is 2.18. The van der Waals surface area contributed by atoms with Crippen molar-refractivity contribution in [1.29, 1.82) is 0 Å². The molecule has 0 unspecified atom stereocenters. The Balaban J connectivity index is 1.08. The second kappa shape index (κ2) is 14.7. The Morgan fingerprint density at radius 3 is 0.935 bits per heavy atom. The molecule has 5 aromatic heterocycles. The quantitative estimate of drug-likeness (QED) is 0.162. The summed E-state index contributed by atoms with van der Waals surface area (Å²) in [5, 5.41) is 4.78. The molecule has 0 saturated carbocycles. The van der Waals surface area contributed by atoms with Crippen LogP contribution in [0.2, 0.25) is 0 Å². The summed E-state index contributed by atoms with van der Waals surface area (Å²) in [6.45, 7) is 0. The van der Waals surface area contributed by atoms with Gasteiger partial charge in [-0.25, -0.2) is 15.0 Å². The van der Waals surface area contributed by atoms with Gasteiger partial charge in [0, 0.05) is 21.5 Å². The standard InChI is InChI=1S/C57H37N5/c1-3-17-38(18-4-1)40-33-41(39-19-5-2-6-20-39)35-42(34-40)43-36-50(48-25-15-31-56(59-48)61-52-27-11-7-21-44(52)45-22-8-12-28-53(45)61)58-51(37-43)49-26-16-32-57(60-49)62-54-29-13-9-23-46(54)47-24-10-14-30-55(47)62/h1-37H. The van der Waals surface area contributed by atoms with Gasteiger partial charge in [-0.05, 0) is 112 Å². The lowest BCUT2D eigenvalue weighted by molar-refractivity contribution is 1.07. The highest BCUT2D eigenvalue weighted by atomic mass is 15.1. The number of hydrogen-bond acceptors (Lipinski definition) is 3. The van der Waals surface area contributed by atoms with Crippen LogP contribution in [0.4, 0.5) is 0 Å². The van der Waals surface area contributed by atoms with Gasteiger partial charge < -0.3 is 0 Å². The largest absolute Gasteiger partial charge is 0.294 e. The second-order valence-electron chi connectivity index (χ2n) is 15.7. The lowest BCUT2D eigenvalue weighted by Gasteiger charge is -2.15. The highest BCUT2D eigenvalue weighted by molar-refractivity contribution is 6.10. The first kappa shape index (κ1) is 35.5. The van der Waals surface area contributed by atoms with Crippen LogP contribution >= 0.6 is 0 Å². The average molecular weight is 792 g/mol. The van der Waals surface area contributed by atoms with E-state index in [0.717, 1.165) is 89.9 Å². The van der Waals surface area contributed by atoms with Crippen LogP contribution in [0.25, 0.3) is 111 Å². The minimum absolute atomic E-state index is 0.760. The van der Waals surface area contributed by atoms with Crippen molar-refractivity contribution < 1.29 is 0 Å². The predicted octanol–water partition coefficient (Wildman–Crippen LogP) is 14.4. The first-order chi connectivity index (χ1) is 30.7. The molecule has 0 N–H and O–H groups in total.